The lowest BCUT2D eigenvalue weighted by Crippen LogP contribution is -2.41. The van der Waals surface area contributed by atoms with E-state index in [1.807, 2.05) is 30.3 Å². The smallest absolute Gasteiger partial charge is 0.321 e. The molecule has 130 valence electrons. The van der Waals surface area contributed by atoms with Gasteiger partial charge in [0.05, 0.1) is 5.41 Å². The molecule has 2 aromatic carbocycles. The first kappa shape index (κ1) is 17.2. The van der Waals surface area contributed by atoms with E-state index < -0.39 is 11.3 Å². The van der Waals surface area contributed by atoms with Crippen LogP contribution >= 0.6 is 0 Å². The molecule has 1 saturated carbocycles. The molecule has 1 aliphatic carbocycles. The molecule has 5 heteroatoms. The van der Waals surface area contributed by atoms with E-state index >= 15 is 0 Å². The summed E-state index contributed by atoms with van der Waals surface area (Å²) in [7, 11) is 0. The molecule has 0 bridgehead atoms. The van der Waals surface area contributed by atoms with Crippen LogP contribution in [-0.4, -0.2) is 17.1 Å². The third-order valence-corrected chi connectivity index (χ3v) is 4.85. The zero-order valence-corrected chi connectivity index (χ0v) is 13.9. The molecule has 1 amide bonds. The summed E-state index contributed by atoms with van der Waals surface area (Å²) < 4.78 is 5.65. The van der Waals surface area contributed by atoms with E-state index in [0.29, 0.717) is 5.75 Å². The molecule has 0 unspecified atom stereocenters. The lowest BCUT2D eigenvalue weighted by Gasteiger charge is -2.35. The average Bonchev–Trinajstić information content (AvgIpc) is 2.69. The molecule has 1 aliphatic rings. The second kappa shape index (κ2) is 7.49. The molecule has 3 rings (SSSR count). The van der Waals surface area contributed by atoms with E-state index in [1.165, 1.54) is 12.1 Å². The van der Waals surface area contributed by atoms with Crippen LogP contribution in [0.1, 0.15) is 48.0 Å². The van der Waals surface area contributed by atoms with Crippen molar-refractivity contribution in [1.29, 1.82) is 0 Å². The van der Waals surface area contributed by atoms with Gasteiger partial charge in [0.2, 0.25) is 0 Å². The van der Waals surface area contributed by atoms with Crippen molar-refractivity contribution in [2.75, 3.05) is 0 Å². The predicted molar refractivity (Wildman–Crippen MR) is 92.5 cm³/mol. The zero-order valence-electron chi connectivity index (χ0n) is 13.9. The van der Waals surface area contributed by atoms with Crippen LogP contribution in [0.15, 0.2) is 54.6 Å². The van der Waals surface area contributed by atoms with Crippen molar-refractivity contribution >= 4 is 11.9 Å². The van der Waals surface area contributed by atoms with Crippen LogP contribution in [0.2, 0.25) is 0 Å². The Morgan fingerprint density at radius 1 is 0.920 bits per heavy atom. The van der Waals surface area contributed by atoms with Gasteiger partial charge in [-0.3, -0.25) is 14.8 Å². The first-order valence-electron chi connectivity index (χ1n) is 8.48. The Morgan fingerprint density at radius 3 is 2.16 bits per heavy atom. The van der Waals surface area contributed by atoms with Crippen LogP contribution in [-0.2, 0) is 10.2 Å². The number of hydrogen-bond donors (Lipinski definition) is 2. The predicted octanol–water partition coefficient (Wildman–Crippen LogP) is 3.61. The Balaban J connectivity index is 1.83. The molecule has 0 saturated heterocycles. The average molecular weight is 339 g/mol. The number of hydrogen-bond acceptors (Lipinski definition) is 4. The van der Waals surface area contributed by atoms with E-state index in [0.717, 1.165) is 37.7 Å². The lowest BCUT2D eigenvalue weighted by atomic mass is 9.69. The van der Waals surface area contributed by atoms with E-state index in [4.69, 9.17) is 9.94 Å². The number of esters is 1. The molecule has 0 spiro atoms. The first-order chi connectivity index (χ1) is 12.2. The molecule has 0 heterocycles. The van der Waals surface area contributed by atoms with E-state index in [1.54, 1.807) is 17.6 Å². The minimum Gasteiger partial charge on any atom is -0.426 e. The first-order valence-corrected chi connectivity index (χ1v) is 8.48. The summed E-state index contributed by atoms with van der Waals surface area (Å²) in [6, 6.07) is 15.9. The molecule has 0 radical (unpaired) electrons. The van der Waals surface area contributed by atoms with Crippen molar-refractivity contribution in [1.82, 2.24) is 5.48 Å². The van der Waals surface area contributed by atoms with Crippen molar-refractivity contribution in [3.05, 3.63) is 65.7 Å². The number of nitrogens with one attached hydrogen (secondary N) is 1. The molecule has 0 atom stereocenters. The standard InChI is InChI=1S/C20H21NO4/c22-18(21-24)15-9-11-17(12-10-15)25-19(23)20(13-5-2-6-14-20)16-7-3-1-4-8-16/h1,3-4,7-12,24H,2,5-6,13-14H2,(H,21,22). The number of carbonyl (C=O) groups is 2. The maximum absolute atomic E-state index is 13.0. The summed E-state index contributed by atoms with van der Waals surface area (Å²) in [5.74, 6) is -0.468. The van der Waals surface area contributed by atoms with Crippen LogP contribution in [0, 0.1) is 0 Å². The summed E-state index contributed by atoms with van der Waals surface area (Å²) in [4.78, 5) is 24.4. The van der Waals surface area contributed by atoms with Crippen LogP contribution < -0.4 is 10.2 Å². The summed E-state index contributed by atoms with van der Waals surface area (Å²) >= 11 is 0. The maximum Gasteiger partial charge on any atom is 0.321 e. The van der Waals surface area contributed by atoms with E-state index in [2.05, 4.69) is 0 Å². The minimum atomic E-state index is -0.610. The van der Waals surface area contributed by atoms with Gasteiger partial charge >= 0.3 is 5.97 Å². The highest BCUT2D eigenvalue weighted by molar-refractivity contribution is 5.93. The van der Waals surface area contributed by atoms with Crippen LogP contribution in [0.5, 0.6) is 5.75 Å². The van der Waals surface area contributed by atoms with Gasteiger partial charge in [-0.15, -0.1) is 0 Å². The van der Waals surface area contributed by atoms with Gasteiger partial charge in [-0.05, 0) is 42.7 Å². The largest absolute Gasteiger partial charge is 0.426 e. The molecule has 2 aromatic rings. The van der Waals surface area contributed by atoms with Gasteiger partial charge in [0, 0.05) is 5.56 Å². The Bertz CT molecular complexity index is 734. The molecule has 1 fully saturated rings. The summed E-state index contributed by atoms with van der Waals surface area (Å²) in [6.45, 7) is 0. The Hall–Kier alpha value is -2.66. The van der Waals surface area contributed by atoms with Crippen LogP contribution in [0.4, 0.5) is 0 Å². The topological polar surface area (TPSA) is 75.6 Å². The number of benzene rings is 2. The van der Waals surface area contributed by atoms with E-state index in [9.17, 15) is 9.59 Å². The second-order valence-corrected chi connectivity index (χ2v) is 6.36. The van der Waals surface area contributed by atoms with Crippen molar-refractivity contribution in [2.45, 2.75) is 37.5 Å². The van der Waals surface area contributed by atoms with Gasteiger partial charge < -0.3 is 4.74 Å². The van der Waals surface area contributed by atoms with Gasteiger partial charge in [0.25, 0.3) is 5.91 Å². The summed E-state index contributed by atoms with van der Waals surface area (Å²) in [5, 5.41) is 8.65. The molecule has 2 N–H and O–H groups in total. The van der Waals surface area contributed by atoms with Crippen molar-refractivity contribution in [3.63, 3.8) is 0 Å². The third-order valence-electron chi connectivity index (χ3n) is 4.85. The fourth-order valence-corrected chi connectivity index (χ4v) is 3.47. The van der Waals surface area contributed by atoms with Gasteiger partial charge in [-0.1, -0.05) is 49.6 Å². The lowest BCUT2D eigenvalue weighted by molar-refractivity contribution is -0.142. The van der Waals surface area contributed by atoms with Crippen molar-refractivity contribution in [3.8, 4) is 5.75 Å². The quantitative estimate of drug-likeness (QED) is 0.386. The molecular formula is C20H21NO4. The zero-order chi connectivity index (χ0) is 17.7. The molecule has 0 aliphatic heterocycles. The SMILES string of the molecule is O=C(NO)c1ccc(OC(=O)C2(c3ccccc3)CCCCC2)cc1. The Labute approximate surface area is 146 Å². The van der Waals surface area contributed by atoms with Gasteiger partial charge in [0.1, 0.15) is 5.75 Å². The third kappa shape index (κ3) is 3.56. The Kier molecular flexibility index (Phi) is 5.14. The van der Waals surface area contributed by atoms with Crippen molar-refractivity contribution < 1.29 is 19.5 Å². The fourth-order valence-electron chi connectivity index (χ4n) is 3.47. The minimum absolute atomic E-state index is 0.252. The molecule has 0 aromatic heterocycles. The number of carbonyl (C=O) groups excluding carboxylic acids is 2. The van der Waals surface area contributed by atoms with Crippen LogP contribution in [0.3, 0.4) is 0 Å². The summed E-state index contributed by atoms with van der Waals surface area (Å²) in [5.41, 5.74) is 2.25. The Morgan fingerprint density at radius 2 is 1.56 bits per heavy atom. The van der Waals surface area contributed by atoms with E-state index in [-0.39, 0.29) is 11.5 Å². The fraction of sp³-hybridized carbons (Fsp3) is 0.300. The molecule has 5 nitrogen and oxygen atoms in total. The second-order valence-electron chi connectivity index (χ2n) is 6.36. The highest BCUT2D eigenvalue weighted by Crippen LogP contribution is 2.40. The monoisotopic (exact) mass is 339 g/mol. The van der Waals surface area contributed by atoms with Gasteiger partial charge in [-0.2, -0.15) is 0 Å². The van der Waals surface area contributed by atoms with Gasteiger partial charge in [-0.25, -0.2) is 5.48 Å². The molecular weight excluding hydrogens is 318 g/mol. The number of amides is 1. The maximum atomic E-state index is 13.0. The normalized spacial score (nSPS) is 16.0. The highest BCUT2D eigenvalue weighted by atomic mass is 16.5. The van der Waals surface area contributed by atoms with Gasteiger partial charge in [0.15, 0.2) is 0 Å². The number of ether oxygens (including phenoxy) is 1. The number of rotatable bonds is 4. The number of hydroxylamine groups is 1. The molecule has 25 heavy (non-hydrogen) atoms. The highest BCUT2D eigenvalue weighted by Gasteiger charge is 2.42. The van der Waals surface area contributed by atoms with Crippen molar-refractivity contribution in [2.24, 2.45) is 0 Å². The summed E-state index contributed by atoms with van der Waals surface area (Å²) in [6.07, 6.45) is 4.69. The van der Waals surface area contributed by atoms with Crippen LogP contribution in [0.25, 0.3) is 0 Å².